The molecular weight excluding hydrogens is 192 g/mol. The largest absolute Gasteiger partial charge is 0.0692 e. The molecule has 0 aromatic heterocycles. The second-order valence-electron chi connectivity index (χ2n) is 4.49. The molecule has 2 aromatic rings. The smallest absolute Gasteiger partial charge is 0.0362 e. The van der Waals surface area contributed by atoms with Gasteiger partial charge in [0.15, 0.2) is 0 Å². The van der Waals surface area contributed by atoms with Gasteiger partial charge in [-0.05, 0) is 23.6 Å². The predicted molar refractivity (Wildman–Crippen MR) is 68.4 cm³/mol. The third-order valence-electron chi connectivity index (χ3n) is 3.49. The zero-order valence-corrected chi connectivity index (χ0v) is 9.35. The molecule has 0 bridgehead atoms. The van der Waals surface area contributed by atoms with E-state index in [0.717, 1.165) is 0 Å². The summed E-state index contributed by atoms with van der Waals surface area (Å²) in [6.45, 7) is 2.28. The van der Waals surface area contributed by atoms with E-state index in [2.05, 4.69) is 73.7 Å². The lowest BCUT2D eigenvalue weighted by Crippen LogP contribution is -2.18. The normalized spacial score (nSPS) is 22.1. The van der Waals surface area contributed by atoms with Crippen LogP contribution in [0.1, 0.15) is 23.6 Å². The van der Waals surface area contributed by atoms with Gasteiger partial charge in [-0.25, -0.2) is 0 Å². The summed E-state index contributed by atoms with van der Waals surface area (Å²) in [6, 6.07) is 19.3. The molecule has 1 aliphatic rings. The lowest BCUT2D eigenvalue weighted by atomic mass is 9.78. The van der Waals surface area contributed by atoms with Crippen molar-refractivity contribution < 1.29 is 0 Å². The zero-order valence-electron chi connectivity index (χ0n) is 9.35. The Balaban J connectivity index is 2.19. The van der Waals surface area contributed by atoms with Gasteiger partial charge in [0.2, 0.25) is 0 Å². The summed E-state index contributed by atoms with van der Waals surface area (Å²) in [7, 11) is 0. The quantitative estimate of drug-likeness (QED) is 0.661. The highest BCUT2D eigenvalue weighted by atomic mass is 14.3. The van der Waals surface area contributed by atoms with Crippen LogP contribution in [-0.2, 0) is 5.41 Å². The predicted octanol–water partition coefficient (Wildman–Crippen LogP) is 4.02. The Kier molecular flexibility index (Phi) is 1.97. The van der Waals surface area contributed by atoms with Gasteiger partial charge in [-0.3, -0.25) is 0 Å². The van der Waals surface area contributed by atoms with Crippen LogP contribution < -0.4 is 0 Å². The number of allylic oxidation sites excluding steroid dienone is 1. The van der Waals surface area contributed by atoms with Gasteiger partial charge in [0.1, 0.15) is 0 Å². The Morgan fingerprint density at radius 1 is 0.812 bits per heavy atom. The number of hydrogen-bond donors (Lipinski definition) is 0. The van der Waals surface area contributed by atoms with Gasteiger partial charge < -0.3 is 0 Å². The minimum Gasteiger partial charge on any atom is -0.0692 e. The van der Waals surface area contributed by atoms with Crippen LogP contribution in [-0.4, -0.2) is 0 Å². The molecule has 0 N–H and O–H groups in total. The molecule has 0 heteroatoms. The van der Waals surface area contributed by atoms with Crippen LogP contribution in [0.4, 0.5) is 0 Å². The fourth-order valence-electron chi connectivity index (χ4n) is 2.50. The van der Waals surface area contributed by atoms with Gasteiger partial charge >= 0.3 is 0 Å². The van der Waals surface area contributed by atoms with E-state index in [1.165, 1.54) is 16.7 Å². The van der Waals surface area contributed by atoms with Crippen LogP contribution in [0.25, 0.3) is 6.08 Å². The van der Waals surface area contributed by atoms with Crippen LogP contribution in [0.2, 0.25) is 0 Å². The molecule has 0 spiro atoms. The van der Waals surface area contributed by atoms with Gasteiger partial charge in [-0.15, -0.1) is 0 Å². The average Bonchev–Trinajstić information content (AvgIpc) is 2.71. The van der Waals surface area contributed by atoms with Crippen LogP contribution in [0.3, 0.4) is 0 Å². The van der Waals surface area contributed by atoms with E-state index in [1.807, 2.05) is 0 Å². The molecule has 0 saturated carbocycles. The third kappa shape index (κ3) is 1.23. The topological polar surface area (TPSA) is 0 Å². The summed E-state index contributed by atoms with van der Waals surface area (Å²) >= 11 is 0. The van der Waals surface area contributed by atoms with E-state index < -0.39 is 0 Å². The lowest BCUT2D eigenvalue weighted by molar-refractivity contribution is 0.738. The SMILES string of the molecule is C[C@]1(c2ccccc2)C=Cc2ccccc21. The summed E-state index contributed by atoms with van der Waals surface area (Å²) in [6.07, 6.45) is 4.52. The highest BCUT2D eigenvalue weighted by molar-refractivity contribution is 5.68. The monoisotopic (exact) mass is 206 g/mol. The molecule has 1 atom stereocenters. The molecule has 0 fully saturated rings. The molecule has 16 heavy (non-hydrogen) atoms. The van der Waals surface area contributed by atoms with Gasteiger partial charge in [0.25, 0.3) is 0 Å². The van der Waals surface area contributed by atoms with Crippen LogP contribution in [0, 0.1) is 0 Å². The molecule has 2 aromatic carbocycles. The van der Waals surface area contributed by atoms with Crippen molar-refractivity contribution >= 4 is 6.08 Å². The van der Waals surface area contributed by atoms with Gasteiger partial charge in [0.05, 0.1) is 0 Å². The standard InChI is InChI=1S/C16H14/c1-16(14-8-3-2-4-9-14)12-11-13-7-5-6-10-15(13)16/h2-12H,1H3/t16-/m1/s1. The Morgan fingerprint density at radius 2 is 1.50 bits per heavy atom. The van der Waals surface area contributed by atoms with Crippen molar-refractivity contribution in [3.05, 3.63) is 77.4 Å². The lowest BCUT2D eigenvalue weighted by Gasteiger charge is -2.24. The first-order valence-corrected chi connectivity index (χ1v) is 5.65. The maximum absolute atomic E-state index is 2.30. The molecule has 0 radical (unpaired) electrons. The van der Waals surface area contributed by atoms with Crippen molar-refractivity contribution in [3.63, 3.8) is 0 Å². The molecule has 0 aliphatic heterocycles. The number of fused-ring (bicyclic) bond motifs is 1. The van der Waals surface area contributed by atoms with E-state index in [0.29, 0.717) is 0 Å². The van der Waals surface area contributed by atoms with Crippen molar-refractivity contribution in [1.82, 2.24) is 0 Å². The van der Waals surface area contributed by atoms with Gasteiger partial charge in [-0.1, -0.05) is 66.7 Å². The van der Waals surface area contributed by atoms with Crippen LogP contribution in [0.15, 0.2) is 60.7 Å². The second kappa shape index (κ2) is 3.34. The summed E-state index contributed by atoms with van der Waals surface area (Å²) in [5.41, 5.74) is 4.14. The molecule has 0 unspecified atom stereocenters. The highest BCUT2D eigenvalue weighted by Crippen LogP contribution is 2.40. The van der Waals surface area contributed by atoms with Crippen molar-refractivity contribution in [2.24, 2.45) is 0 Å². The first kappa shape index (κ1) is 9.41. The van der Waals surface area contributed by atoms with Crippen LogP contribution in [0.5, 0.6) is 0 Å². The third-order valence-corrected chi connectivity index (χ3v) is 3.49. The van der Waals surface area contributed by atoms with Crippen molar-refractivity contribution in [3.8, 4) is 0 Å². The molecule has 3 rings (SSSR count). The molecule has 0 amide bonds. The van der Waals surface area contributed by atoms with Crippen molar-refractivity contribution in [1.29, 1.82) is 0 Å². The fraction of sp³-hybridized carbons (Fsp3) is 0.125. The van der Waals surface area contributed by atoms with Gasteiger partial charge in [0, 0.05) is 5.41 Å². The Hall–Kier alpha value is -1.82. The first-order chi connectivity index (χ1) is 7.81. The molecule has 0 saturated heterocycles. The molecule has 1 aliphatic carbocycles. The minimum absolute atomic E-state index is 0.0395. The van der Waals surface area contributed by atoms with Gasteiger partial charge in [-0.2, -0.15) is 0 Å². The zero-order chi connectivity index (χ0) is 11.0. The molecular formula is C16H14. The maximum atomic E-state index is 2.30. The number of benzene rings is 2. The number of hydrogen-bond acceptors (Lipinski definition) is 0. The first-order valence-electron chi connectivity index (χ1n) is 5.65. The molecule has 0 heterocycles. The number of rotatable bonds is 1. The summed E-state index contributed by atoms with van der Waals surface area (Å²) in [5.74, 6) is 0. The van der Waals surface area contributed by atoms with Crippen LogP contribution >= 0.6 is 0 Å². The van der Waals surface area contributed by atoms with E-state index in [1.54, 1.807) is 0 Å². The van der Waals surface area contributed by atoms with E-state index in [-0.39, 0.29) is 5.41 Å². The minimum atomic E-state index is 0.0395. The summed E-state index contributed by atoms with van der Waals surface area (Å²) in [5, 5.41) is 0. The fourth-order valence-corrected chi connectivity index (χ4v) is 2.50. The van der Waals surface area contributed by atoms with Crippen molar-refractivity contribution in [2.75, 3.05) is 0 Å². The second-order valence-corrected chi connectivity index (χ2v) is 4.49. The molecule has 0 nitrogen and oxygen atoms in total. The molecule has 78 valence electrons. The van der Waals surface area contributed by atoms with E-state index in [9.17, 15) is 0 Å². The Labute approximate surface area is 96.3 Å². The summed E-state index contributed by atoms with van der Waals surface area (Å²) in [4.78, 5) is 0. The Morgan fingerprint density at radius 3 is 2.31 bits per heavy atom. The Bertz CT molecular complexity index is 537. The van der Waals surface area contributed by atoms with E-state index >= 15 is 0 Å². The van der Waals surface area contributed by atoms with E-state index in [4.69, 9.17) is 0 Å². The highest BCUT2D eigenvalue weighted by Gasteiger charge is 2.30. The average molecular weight is 206 g/mol. The summed E-state index contributed by atoms with van der Waals surface area (Å²) < 4.78 is 0. The maximum Gasteiger partial charge on any atom is 0.0362 e. The van der Waals surface area contributed by atoms with Crippen molar-refractivity contribution in [2.45, 2.75) is 12.3 Å².